The Balaban J connectivity index is 1.63. The Hall–Kier alpha value is -3.38. The summed E-state index contributed by atoms with van der Waals surface area (Å²) in [6.07, 6.45) is 2.64. The van der Waals surface area contributed by atoms with Crippen molar-refractivity contribution in [3.63, 3.8) is 0 Å². The molecule has 0 fully saturated rings. The quantitative estimate of drug-likeness (QED) is 0.530. The van der Waals surface area contributed by atoms with Gasteiger partial charge < -0.3 is 14.4 Å². The highest BCUT2D eigenvalue weighted by atomic mass is 16.5. The first-order chi connectivity index (χ1) is 14.5. The minimum atomic E-state index is -0.765. The first-order valence-electron chi connectivity index (χ1n) is 10.0. The van der Waals surface area contributed by atoms with E-state index in [4.69, 9.17) is 4.74 Å². The third-order valence-electron chi connectivity index (χ3n) is 5.22. The monoisotopic (exact) mass is 403 g/mol. The topological polar surface area (TPSA) is 68.8 Å². The number of ether oxygens (including phenoxy) is 1. The Morgan fingerprint density at radius 2 is 1.83 bits per heavy atom. The van der Waals surface area contributed by atoms with Crippen molar-refractivity contribution in [1.82, 2.24) is 14.2 Å². The maximum atomic E-state index is 13.0. The highest BCUT2D eigenvalue weighted by Crippen LogP contribution is 2.23. The van der Waals surface area contributed by atoms with Gasteiger partial charge in [0.1, 0.15) is 11.3 Å². The van der Waals surface area contributed by atoms with Crippen LogP contribution in [0.5, 0.6) is 5.75 Å². The molecule has 6 nitrogen and oxygen atoms in total. The van der Waals surface area contributed by atoms with E-state index in [-0.39, 0.29) is 12.1 Å². The minimum absolute atomic E-state index is 0.183. The molecule has 1 atom stereocenters. The predicted octanol–water partition coefficient (Wildman–Crippen LogP) is 3.91. The van der Waals surface area contributed by atoms with Crippen molar-refractivity contribution in [1.29, 1.82) is 0 Å². The number of fused-ring (bicyclic) bond motifs is 1. The van der Waals surface area contributed by atoms with Gasteiger partial charge in [0.05, 0.1) is 24.9 Å². The predicted molar refractivity (Wildman–Crippen MR) is 117 cm³/mol. The van der Waals surface area contributed by atoms with Gasteiger partial charge in [-0.2, -0.15) is 5.10 Å². The molecule has 0 spiro atoms. The molecule has 0 saturated heterocycles. The van der Waals surface area contributed by atoms with Crippen molar-refractivity contribution in [2.24, 2.45) is 0 Å². The van der Waals surface area contributed by atoms with Crippen molar-refractivity contribution in [3.05, 3.63) is 88.0 Å². The summed E-state index contributed by atoms with van der Waals surface area (Å²) in [5, 5.41) is 15.2. The van der Waals surface area contributed by atoms with Crippen LogP contribution in [0.2, 0.25) is 0 Å². The van der Waals surface area contributed by atoms with Crippen molar-refractivity contribution < 1.29 is 9.84 Å². The lowest BCUT2D eigenvalue weighted by atomic mass is 10.0. The number of hydrogen-bond donors (Lipinski definition) is 1. The summed E-state index contributed by atoms with van der Waals surface area (Å²) in [6.45, 7) is 6.73. The van der Waals surface area contributed by atoms with Gasteiger partial charge in [0.15, 0.2) is 0 Å². The molecule has 0 radical (unpaired) electrons. The van der Waals surface area contributed by atoms with E-state index in [0.29, 0.717) is 17.8 Å². The van der Waals surface area contributed by atoms with Gasteiger partial charge in [-0.15, -0.1) is 0 Å². The number of aryl methyl sites for hydroxylation is 2. The Kier molecular flexibility index (Phi) is 5.42. The summed E-state index contributed by atoms with van der Waals surface area (Å²) in [6, 6.07) is 15.3. The molecule has 30 heavy (non-hydrogen) atoms. The van der Waals surface area contributed by atoms with Crippen molar-refractivity contribution in [2.75, 3.05) is 6.61 Å². The highest BCUT2D eigenvalue weighted by molar-refractivity contribution is 5.66. The van der Waals surface area contributed by atoms with Gasteiger partial charge in [0.2, 0.25) is 0 Å². The Bertz CT molecular complexity index is 1240. The third kappa shape index (κ3) is 3.86. The number of aromatic nitrogens is 3. The third-order valence-corrected chi connectivity index (χ3v) is 5.22. The summed E-state index contributed by atoms with van der Waals surface area (Å²) < 4.78 is 8.58. The second-order valence-corrected chi connectivity index (χ2v) is 7.45. The first-order valence-corrected chi connectivity index (χ1v) is 10.0. The second kappa shape index (κ2) is 8.16. The average Bonchev–Trinajstić information content (AvgIpc) is 3.16. The average molecular weight is 403 g/mol. The lowest BCUT2D eigenvalue weighted by Gasteiger charge is -2.16. The molecule has 2 aromatic heterocycles. The molecule has 4 aromatic rings. The minimum Gasteiger partial charge on any atom is -0.494 e. The normalized spacial score (nSPS) is 12.3. The lowest BCUT2D eigenvalue weighted by Crippen LogP contribution is -2.24. The summed E-state index contributed by atoms with van der Waals surface area (Å²) in [5.74, 6) is 0.799. The number of nitrogens with zero attached hydrogens (tertiary/aromatic N) is 3. The molecule has 1 N–H and O–H groups in total. The van der Waals surface area contributed by atoms with E-state index < -0.39 is 6.10 Å². The zero-order chi connectivity index (χ0) is 21.3. The van der Waals surface area contributed by atoms with Crippen LogP contribution in [-0.4, -0.2) is 25.9 Å². The van der Waals surface area contributed by atoms with E-state index in [0.717, 1.165) is 28.0 Å². The van der Waals surface area contributed by atoms with Crippen LogP contribution >= 0.6 is 0 Å². The number of hydrogen-bond acceptors (Lipinski definition) is 4. The van der Waals surface area contributed by atoms with Crippen LogP contribution in [0.4, 0.5) is 0 Å². The molecule has 4 rings (SSSR count). The van der Waals surface area contributed by atoms with Crippen LogP contribution < -0.4 is 10.3 Å². The van der Waals surface area contributed by atoms with E-state index in [1.165, 1.54) is 4.57 Å². The van der Waals surface area contributed by atoms with Gasteiger partial charge >= 0.3 is 0 Å². The number of aliphatic hydroxyl groups is 1. The maximum absolute atomic E-state index is 13.0. The smallest absolute Gasteiger partial charge is 0.276 e. The fourth-order valence-electron chi connectivity index (χ4n) is 3.68. The van der Waals surface area contributed by atoms with Crippen molar-refractivity contribution in [2.45, 2.75) is 33.4 Å². The van der Waals surface area contributed by atoms with E-state index in [9.17, 15) is 9.90 Å². The fourth-order valence-corrected chi connectivity index (χ4v) is 3.68. The van der Waals surface area contributed by atoms with Crippen LogP contribution in [-0.2, 0) is 6.54 Å². The molecular weight excluding hydrogens is 378 g/mol. The van der Waals surface area contributed by atoms with E-state index in [1.807, 2.05) is 63.2 Å². The van der Waals surface area contributed by atoms with Gasteiger partial charge in [0.25, 0.3) is 5.56 Å². The van der Waals surface area contributed by atoms with Crippen LogP contribution in [0, 0.1) is 13.8 Å². The molecule has 6 heteroatoms. The summed E-state index contributed by atoms with van der Waals surface area (Å²) in [7, 11) is 0. The van der Waals surface area contributed by atoms with Crippen LogP contribution in [0.25, 0.3) is 16.8 Å². The molecule has 2 aromatic carbocycles. The fraction of sp³-hybridized carbons (Fsp3) is 0.250. The first kappa shape index (κ1) is 19.9. The SMILES string of the molecule is CCOc1ccc(-c2cc3c(=O)n(CC(O)c4ccc(C)cc4C)ccn3n2)cc1. The summed E-state index contributed by atoms with van der Waals surface area (Å²) in [5.41, 5.74) is 4.88. The van der Waals surface area contributed by atoms with Crippen molar-refractivity contribution in [3.8, 4) is 17.0 Å². The number of benzene rings is 2. The molecular formula is C24H25N3O3. The molecule has 1 unspecified atom stereocenters. The van der Waals surface area contributed by atoms with Gasteiger partial charge in [-0.1, -0.05) is 23.8 Å². The zero-order valence-corrected chi connectivity index (χ0v) is 17.4. The zero-order valence-electron chi connectivity index (χ0n) is 17.4. The van der Waals surface area contributed by atoms with Gasteiger partial charge in [-0.3, -0.25) is 4.79 Å². The highest BCUT2D eigenvalue weighted by Gasteiger charge is 2.14. The molecule has 0 amide bonds. The van der Waals surface area contributed by atoms with Crippen LogP contribution in [0.3, 0.4) is 0 Å². The number of rotatable bonds is 6. The van der Waals surface area contributed by atoms with E-state index >= 15 is 0 Å². The Morgan fingerprint density at radius 3 is 2.53 bits per heavy atom. The number of aliphatic hydroxyl groups excluding tert-OH is 1. The largest absolute Gasteiger partial charge is 0.494 e. The Morgan fingerprint density at radius 1 is 1.07 bits per heavy atom. The maximum Gasteiger partial charge on any atom is 0.276 e. The molecule has 0 aliphatic rings. The van der Waals surface area contributed by atoms with Crippen LogP contribution in [0.15, 0.2) is 65.7 Å². The molecule has 0 aliphatic carbocycles. The molecule has 0 bridgehead atoms. The van der Waals surface area contributed by atoms with Gasteiger partial charge in [0, 0.05) is 18.0 Å². The van der Waals surface area contributed by atoms with Gasteiger partial charge in [-0.25, -0.2) is 4.52 Å². The molecule has 2 heterocycles. The molecule has 0 saturated carbocycles. The molecule has 0 aliphatic heterocycles. The lowest BCUT2D eigenvalue weighted by molar-refractivity contribution is 0.154. The van der Waals surface area contributed by atoms with E-state index in [2.05, 4.69) is 5.10 Å². The summed E-state index contributed by atoms with van der Waals surface area (Å²) >= 11 is 0. The summed E-state index contributed by atoms with van der Waals surface area (Å²) in [4.78, 5) is 13.0. The van der Waals surface area contributed by atoms with Gasteiger partial charge in [-0.05, 0) is 62.2 Å². The Labute approximate surface area is 175 Å². The van der Waals surface area contributed by atoms with Crippen molar-refractivity contribution >= 4 is 5.52 Å². The molecule has 154 valence electrons. The second-order valence-electron chi connectivity index (χ2n) is 7.45. The van der Waals surface area contributed by atoms with Crippen LogP contribution in [0.1, 0.15) is 29.7 Å². The standard InChI is InChI=1S/C24H25N3O3/c1-4-30-19-8-6-18(7-9-19)21-14-22-24(29)26(11-12-27(22)25-21)15-23(28)20-10-5-16(2)13-17(20)3/h5-14,23,28H,4,15H2,1-3H3. The van der Waals surface area contributed by atoms with E-state index in [1.54, 1.807) is 23.0 Å².